The first-order valence-corrected chi connectivity index (χ1v) is 5.27. The zero-order chi connectivity index (χ0) is 13.3. The third-order valence-electron chi connectivity index (χ3n) is 2.02. The number of ether oxygens (including phenoxy) is 2. The lowest BCUT2D eigenvalue weighted by atomic mass is 10.2. The smallest absolute Gasteiger partial charge is 0.315 e. The molecule has 0 fully saturated rings. The van der Waals surface area contributed by atoms with Crippen molar-refractivity contribution in [2.45, 2.75) is 25.5 Å². The summed E-state index contributed by atoms with van der Waals surface area (Å²) in [6, 6.07) is -0.484. The number of methoxy groups -OCH3 is 2. The maximum absolute atomic E-state index is 11.4. The summed E-state index contributed by atoms with van der Waals surface area (Å²) in [6.07, 6.45) is -0.680. The molecule has 0 aromatic carbocycles. The van der Waals surface area contributed by atoms with E-state index < -0.39 is 12.1 Å². The van der Waals surface area contributed by atoms with Crippen LogP contribution >= 0.6 is 0 Å². The highest BCUT2D eigenvalue weighted by Gasteiger charge is 2.14. The lowest BCUT2D eigenvalue weighted by Crippen LogP contribution is -2.45. The first-order chi connectivity index (χ1) is 7.99. The fraction of sp³-hybridized carbons (Fsp3) is 0.800. The highest BCUT2D eigenvalue weighted by molar-refractivity contribution is 5.74. The van der Waals surface area contributed by atoms with Gasteiger partial charge in [0.1, 0.15) is 0 Å². The van der Waals surface area contributed by atoms with Crippen molar-refractivity contribution >= 4 is 12.0 Å². The van der Waals surface area contributed by atoms with Crippen LogP contribution in [0.25, 0.3) is 0 Å². The molecule has 0 aliphatic carbocycles. The molecule has 0 aliphatic rings. The van der Waals surface area contributed by atoms with Gasteiger partial charge >= 0.3 is 12.0 Å². The Balaban J connectivity index is 3.84. The van der Waals surface area contributed by atoms with Gasteiger partial charge in [-0.3, -0.25) is 4.79 Å². The van der Waals surface area contributed by atoms with E-state index >= 15 is 0 Å². The second-order valence-corrected chi connectivity index (χ2v) is 3.67. The quantitative estimate of drug-likeness (QED) is 0.553. The van der Waals surface area contributed by atoms with Crippen LogP contribution in [0.5, 0.6) is 0 Å². The van der Waals surface area contributed by atoms with E-state index in [-0.39, 0.29) is 25.0 Å². The van der Waals surface area contributed by atoms with Crippen LogP contribution in [-0.4, -0.2) is 56.6 Å². The molecule has 17 heavy (non-hydrogen) atoms. The number of carboxylic acid groups (broad SMARTS) is 1. The van der Waals surface area contributed by atoms with Crippen molar-refractivity contribution in [2.75, 3.05) is 27.4 Å². The number of carbonyl (C=O) groups is 2. The minimum Gasteiger partial charge on any atom is -0.481 e. The van der Waals surface area contributed by atoms with Gasteiger partial charge in [-0.05, 0) is 6.92 Å². The average molecular weight is 248 g/mol. The summed E-state index contributed by atoms with van der Waals surface area (Å²) in [5.74, 6) is -0.966. The van der Waals surface area contributed by atoms with Crippen molar-refractivity contribution in [1.29, 1.82) is 0 Å². The summed E-state index contributed by atoms with van der Waals surface area (Å²) in [5.41, 5.74) is 0. The SMILES string of the molecule is COCC(C)NC(=O)NCC(CC(=O)O)OC. The van der Waals surface area contributed by atoms with Crippen molar-refractivity contribution in [3.05, 3.63) is 0 Å². The number of hydrogen-bond donors (Lipinski definition) is 3. The molecule has 0 radical (unpaired) electrons. The summed E-state index contributed by atoms with van der Waals surface area (Å²) >= 11 is 0. The number of carboxylic acids is 1. The number of aliphatic carboxylic acids is 1. The normalized spacial score (nSPS) is 13.8. The first kappa shape index (κ1) is 15.7. The summed E-state index contributed by atoms with van der Waals surface area (Å²) in [6.45, 7) is 2.36. The van der Waals surface area contributed by atoms with Gasteiger partial charge in [0.05, 0.1) is 25.2 Å². The molecule has 0 rings (SSSR count). The van der Waals surface area contributed by atoms with Gasteiger partial charge in [-0.25, -0.2) is 4.79 Å². The molecular weight excluding hydrogens is 228 g/mol. The summed E-state index contributed by atoms with van der Waals surface area (Å²) < 4.78 is 9.77. The van der Waals surface area contributed by atoms with Crippen molar-refractivity contribution in [3.63, 3.8) is 0 Å². The van der Waals surface area contributed by atoms with Crippen LogP contribution < -0.4 is 10.6 Å². The van der Waals surface area contributed by atoms with E-state index in [0.717, 1.165) is 0 Å². The minimum absolute atomic E-state index is 0.111. The molecule has 2 amide bonds. The zero-order valence-electron chi connectivity index (χ0n) is 10.4. The molecule has 0 saturated carbocycles. The van der Waals surface area contributed by atoms with Crippen LogP contribution in [0.2, 0.25) is 0 Å². The number of urea groups is 1. The van der Waals surface area contributed by atoms with Crippen molar-refractivity contribution in [2.24, 2.45) is 0 Å². The molecule has 0 bridgehead atoms. The highest BCUT2D eigenvalue weighted by atomic mass is 16.5. The molecule has 0 aromatic heterocycles. The molecule has 7 nitrogen and oxygen atoms in total. The molecule has 0 spiro atoms. The van der Waals surface area contributed by atoms with E-state index in [1.807, 2.05) is 0 Å². The van der Waals surface area contributed by atoms with E-state index in [1.165, 1.54) is 7.11 Å². The Morgan fingerprint density at radius 1 is 1.35 bits per heavy atom. The Bertz CT molecular complexity index is 247. The number of rotatable bonds is 8. The molecule has 2 unspecified atom stereocenters. The third kappa shape index (κ3) is 8.47. The van der Waals surface area contributed by atoms with Crippen LogP contribution in [0.15, 0.2) is 0 Å². The predicted molar refractivity (Wildman–Crippen MR) is 60.9 cm³/mol. The van der Waals surface area contributed by atoms with E-state index in [2.05, 4.69) is 10.6 Å². The third-order valence-corrected chi connectivity index (χ3v) is 2.02. The Labute approximate surface area is 100 Å². The molecule has 7 heteroatoms. The number of carbonyl (C=O) groups excluding carboxylic acids is 1. The van der Waals surface area contributed by atoms with Crippen LogP contribution in [0.1, 0.15) is 13.3 Å². The largest absolute Gasteiger partial charge is 0.481 e. The van der Waals surface area contributed by atoms with Gasteiger partial charge in [-0.2, -0.15) is 0 Å². The maximum atomic E-state index is 11.4. The van der Waals surface area contributed by atoms with Crippen molar-refractivity contribution in [1.82, 2.24) is 10.6 Å². The van der Waals surface area contributed by atoms with E-state index in [4.69, 9.17) is 14.6 Å². The molecule has 100 valence electrons. The monoisotopic (exact) mass is 248 g/mol. The molecule has 2 atom stereocenters. The Kier molecular flexibility index (Phi) is 8.08. The van der Waals surface area contributed by atoms with Gasteiger partial charge in [-0.15, -0.1) is 0 Å². The van der Waals surface area contributed by atoms with Crippen LogP contribution in [0.3, 0.4) is 0 Å². The van der Waals surface area contributed by atoms with E-state index in [1.54, 1.807) is 14.0 Å². The zero-order valence-corrected chi connectivity index (χ0v) is 10.4. The van der Waals surface area contributed by atoms with Crippen LogP contribution in [0, 0.1) is 0 Å². The molecule has 3 N–H and O–H groups in total. The standard InChI is InChI=1S/C10H20N2O5/c1-7(6-16-2)12-10(15)11-5-8(17-3)4-9(13)14/h7-8H,4-6H2,1-3H3,(H,13,14)(H2,11,12,15). The molecular formula is C10H20N2O5. The molecule has 0 heterocycles. The van der Waals surface area contributed by atoms with Gasteiger partial charge < -0.3 is 25.2 Å². The summed E-state index contributed by atoms with van der Waals surface area (Å²) in [7, 11) is 2.95. The highest BCUT2D eigenvalue weighted by Crippen LogP contribution is 1.95. The topological polar surface area (TPSA) is 96.9 Å². The van der Waals surface area contributed by atoms with Gasteiger partial charge in [0, 0.05) is 20.8 Å². The number of amides is 2. The fourth-order valence-electron chi connectivity index (χ4n) is 1.21. The Hall–Kier alpha value is -1.34. The van der Waals surface area contributed by atoms with Gasteiger partial charge in [0.2, 0.25) is 0 Å². The van der Waals surface area contributed by atoms with Gasteiger partial charge in [0.15, 0.2) is 0 Å². The predicted octanol–water partition coefficient (Wildman–Crippen LogP) is -0.190. The average Bonchev–Trinajstić information content (AvgIpc) is 2.23. The van der Waals surface area contributed by atoms with Gasteiger partial charge in [0.25, 0.3) is 0 Å². The lowest BCUT2D eigenvalue weighted by Gasteiger charge is -2.16. The van der Waals surface area contributed by atoms with Crippen LogP contribution in [0.4, 0.5) is 4.79 Å². The van der Waals surface area contributed by atoms with Crippen LogP contribution in [-0.2, 0) is 14.3 Å². The van der Waals surface area contributed by atoms with E-state index in [9.17, 15) is 9.59 Å². The fourth-order valence-corrected chi connectivity index (χ4v) is 1.21. The molecule has 0 aliphatic heterocycles. The Morgan fingerprint density at radius 3 is 2.47 bits per heavy atom. The molecule has 0 aromatic rings. The first-order valence-electron chi connectivity index (χ1n) is 5.27. The summed E-state index contributed by atoms with van der Waals surface area (Å²) in [4.78, 5) is 21.8. The number of hydrogen-bond acceptors (Lipinski definition) is 4. The molecule has 0 saturated heterocycles. The van der Waals surface area contributed by atoms with Crippen molar-refractivity contribution < 1.29 is 24.2 Å². The number of nitrogens with one attached hydrogen (secondary N) is 2. The maximum Gasteiger partial charge on any atom is 0.315 e. The minimum atomic E-state index is -0.966. The Morgan fingerprint density at radius 2 is 2.00 bits per heavy atom. The lowest BCUT2D eigenvalue weighted by molar-refractivity contribution is -0.139. The van der Waals surface area contributed by atoms with Gasteiger partial charge in [-0.1, -0.05) is 0 Å². The van der Waals surface area contributed by atoms with E-state index in [0.29, 0.717) is 6.61 Å². The second-order valence-electron chi connectivity index (χ2n) is 3.67. The summed E-state index contributed by atoms with van der Waals surface area (Å²) in [5, 5.41) is 13.7. The van der Waals surface area contributed by atoms with Crippen molar-refractivity contribution in [3.8, 4) is 0 Å². The second kappa shape index (κ2) is 8.77.